The largest absolute Gasteiger partial charge is 0.468 e. The van der Waals surface area contributed by atoms with E-state index in [0.717, 1.165) is 8.61 Å². The van der Waals surface area contributed by atoms with Gasteiger partial charge in [0, 0.05) is 13.1 Å². The first kappa shape index (κ1) is 20.5. The van der Waals surface area contributed by atoms with Crippen molar-refractivity contribution >= 4 is 22.0 Å². The normalized spacial score (nSPS) is 14.5. The van der Waals surface area contributed by atoms with E-state index in [0.29, 0.717) is 0 Å². The maximum absolute atomic E-state index is 12.8. The standard InChI is InChI=1S/C14H24N2O5S/c1-7-9-15(11(3)13(5)17)22(19,20)16(10-8-2)12(4)14(18)21-6/h7-8,11-12H,1-2,9-10H2,3-6H3. The summed E-state index contributed by atoms with van der Waals surface area (Å²) in [6.45, 7) is 11.1. The fraction of sp³-hybridized carbons (Fsp3) is 0.571. The molecule has 0 rings (SSSR count). The first-order valence-electron chi connectivity index (χ1n) is 6.73. The molecule has 0 saturated heterocycles. The van der Waals surface area contributed by atoms with Gasteiger partial charge in [-0.2, -0.15) is 17.0 Å². The van der Waals surface area contributed by atoms with Gasteiger partial charge >= 0.3 is 5.97 Å². The minimum atomic E-state index is -4.08. The van der Waals surface area contributed by atoms with Crippen molar-refractivity contribution in [1.82, 2.24) is 8.61 Å². The third kappa shape index (κ3) is 4.75. The zero-order chi connectivity index (χ0) is 17.5. The van der Waals surface area contributed by atoms with E-state index in [-0.39, 0.29) is 18.9 Å². The van der Waals surface area contributed by atoms with Crippen LogP contribution in [0.25, 0.3) is 0 Å². The van der Waals surface area contributed by atoms with Gasteiger partial charge in [0.15, 0.2) is 0 Å². The van der Waals surface area contributed by atoms with Crippen LogP contribution in [-0.4, -0.2) is 61.1 Å². The number of Topliss-reactive ketones (excluding diaryl/α,β-unsaturated/α-hetero) is 1. The first-order chi connectivity index (χ1) is 10.1. The number of hydrogen-bond acceptors (Lipinski definition) is 5. The second-order valence-corrected chi connectivity index (χ2v) is 6.54. The van der Waals surface area contributed by atoms with Gasteiger partial charge in [-0.05, 0) is 20.8 Å². The molecule has 2 atom stereocenters. The van der Waals surface area contributed by atoms with Crippen LogP contribution in [0.4, 0.5) is 0 Å². The highest BCUT2D eigenvalue weighted by molar-refractivity contribution is 7.86. The average molecular weight is 332 g/mol. The van der Waals surface area contributed by atoms with Crippen molar-refractivity contribution in [3.05, 3.63) is 25.3 Å². The lowest BCUT2D eigenvalue weighted by atomic mass is 10.2. The van der Waals surface area contributed by atoms with Crippen molar-refractivity contribution in [2.45, 2.75) is 32.9 Å². The second-order valence-electron chi connectivity index (χ2n) is 4.71. The lowest BCUT2D eigenvalue weighted by Crippen LogP contribution is -2.54. The number of esters is 1. The molecule has 0 aliphatic carbocycles. The predicted molar refractivity (Wildman–Crippen MR) is 84.3 cm³/mol. The molecule has 7 nitrogen and oxygen atoms in total. The quantitative estimate of drug-likeness (QED) is 0.435. The number of rotatable bonds is 10. The Morgan fingerprint density at radius 1 is 1.09 bits per heavy atom. The molecule has 0 saturated carbocycles. The highest BCUT2D eigenvalue weighted by atomic mass is 32.2. The van der Waals surface area contributed by atoms with E-state index in [1.165, 1.54) is 40.0 Å². The third-order valence-corrected chi connectivity index (χ3v) is 5.32. The summed E-state index contributed by atoms with van der Waals surface area (Å²) in [5.74, 6) is -1.01. The molecule has 0 N–H and O–H groups in total. The minimum absolute atomic E-state index is 0.0510. The molecule has 0 aromatic rings. The van der Waals surface area contributed by atoms with Crippen molar-refractivity contribution in [2.75, 3.05) is 20.2 Å². The average Bonchev–Trinajstić information content (AvgIpc) is 2.47. The Bertz CT molecular complexity index is 529. The summed E-state index contributed by atoms with van der Waals surface area (Å²) < 4.78 is 32.2. The van der Waals surface area contributed by atoms with E-state index in [1.807, 2.05) is 0 Å². The van der Waals surface area contributed by atoms with Crippen molar-refractivity contribution in [1.29, 1.82) is 0 Å². The fourth-order valence-corrected chi connectivity index (χ4v) is 3.68. The summed E-state index contributed by atoms with van der Waals surface area (Å²) in [6.07, 6.45) is 2.74. The van der Waals surface area contributed by atoms with E-state index < -0.39 is 28.3 Å². The Labute approximate surface area is 132 Å². The number of methoxy groups -OCH3 is 1. The van der Waals surface area contributed by atoms with E-state index in [2.05, 4.69) is 17.9 Å². The van der Waals surface area contributed by atoms with E-state index in [4.69, 9.17) is 0 Å². The summed E-state index contributed by atoms with van der Waals surface area (Å²) >= 11 is 0. The van der Waals surface area contributed by atoms with Crippen LogP contribution >= 0.6 is 0 Å². The van der Waals surface area contributed by atoms with Gasteiger partial charge in [-0.1, -0.05) is 12.2 Å². The number of hydrogen-bond donors (Lipinski definition) is 0. The molecule has 0 heterocycles. The Hall–Kier alpha value is -1.51. The van der Waals surface area contributed by atoms with Crippen molar-refractivity contribution in [2.24, 2.45) is 0 Å². The highest BCUT2D eigenvalue weighted by Crippen LogP contribution is 2.17. The summed E-state index contributed by atoms with van der Waals surface area (Å²) in [5, 5.41) is 0. The molecule has 0 radical (unpaired) electrons. The third-order valence-electron chi connectivity index (χ3n) is 3.21. The molecule has 0 amide bonds. The zero-order valence-electron chi connectivity index (χ0n) is 13.5. The molecule has 8 heteroatoms. The topological polar surface area (TPSA) is 84.0 Å². The summed E-state index contributed by atoms with van der Waals surface area (Å²) in [7, 11) is -2.91. The number of ether oxygens (including phenoxy) is 1. The van der Waals surface area contributed by atoms with Crippen LogP contribution < -0.4 is 0 Å². The van der Waals surface area contributed by atoms with Gasteiger partial charge in [0.25, 0.3) is 10.2 Å². The SMILES string of the molecule is C=CCN(C(C)C(C)=O)S(=O)(=O)N(CC=C)C(C)C(=O)OC. The number of ketones is 1. The molecule has 0 spiro atoms. The van der Waals surface area contributed by atoms with Crippen molar-refractivity contribution < 1.29 is 22.7 Å². The maximum atomic E-state index is 12.8. The Kier molecular flexibility index (Phi) is 8.21. The van der Waals surface area contributed by atoms with Crippen LogP contribution in [0.1, 0.15) is 20.8 Å². The van der Waals surface area contributed by atoms with Gasteiger partial charge in [0.2, 0.25) is 0 Å². The number of carbonyl (C=O) groups is 2. The molecule has 22 heavy (non-hydrogen) atoms. The van der Waals surface area contributed by atoms with Gasteiger partial charge in [-0.15, -0.1) is 13.2 Å². The minimum Gasteiger partial charge on any atom is -0.468 e. The zero-order valence-corrected chi connectivity index (χ0v) is 14.3. The maximum Gasteiger partial charge on any atom is 0.323 e. The Balaban J connectivity index is 5.82. The first-order valence-corrected chi connectivity index (χ1v) is 8.13. The van der Waals surface area contributed by atoms with Crippen LogP contribution in [0.5, 0.6) is 0 Å². The lowest BCUT2D eigenvalue weighted by Gasteiger charge is -2.33. The lowest BCUT2D eigenvalue weighted by molar-refractivity contribution is -0.144. The smallest absolute Gasteiger partial charge is 0.323 e. The molecular formula is C14H24N2O5S. The fourth-order valence-electron chi connectivity index (χ4n) is 1.78. The van der Waals surface area contributed by atoms with Crippen LogP contribution in [0, 0.1) is 0 Å². The van der Waals surface area contributed by atoms with Gasteiger partial charge in [0.1, 0.15) is 11.8 Å². The van der Waals surface area contributed by atoms with Gasteiger partial charge < -0.3 is 4.74 Å². The van der Waals surface area contributed by atoms with E-state index in [1.54, 1.807) is 0 Å². The van der Waals surface area contributed by atoms with Crippen LogP contribution in [0.3, 0.4) is 0 Å². The predicted octanol–water partition coefficient (Wildman–Crippen LogP) is 0.746. The van der Waals surface area contributed by atoms with Crippen LogP contribution in [0.2, 0.25) is 0 Å². The van der Waals surface area contributed by atoms with Crippen LogP contribution in [-0.2, 0) is 24.5 Å². The van der Waals surface area contributed by atoms with Gasteiger partial charge in [-0.3, -0.25) is 9.59 Å². The second kappa shape index (κ2) is 8.82. The molecule has 126 valence electrons. The van der Waals surface area contributed by atoms with Gasteiger partial charge in [-0.25, -0.2) is 0 Å². The molecule has 0 fully saturated rings. The monoisotopic (exact) mass is 332 g/mol. The van der Waals surface area contributed by atoms with Crippen molar-refractivity contribution in [3.8, 4) is 0 Å². The molecule has 0 aromatic carbocycles. The molecular weight excluding hydrogens is 308 g/mol. The number of nitrogens with zero attached hydrogens (tertiary/aromatic N) is 2. The highest BCUT2D eigenvalue weighted by Gasteiger charge is 2.38. The number of carbonyl (C=O) groups excluding carboxylic acids is 2. The Morgan fingerprint density at radius 2 is 1.50 bits per heavy atom. The summed E-state index contributed by atoms with van der Waals surface area (Å²) in [4.78, 5) is 23.3. The van der Waals surface area contributed by atoms with Gasteiger partial charge in [0.05, 0.1) is 13.2 Å². The van der Waals surface area contributed by atoms with Crippen molar-refractivity contribution in [3.63, 3.8) is 0 Å². The molecule has 0 aliphatic heterocycles. The molecule has 0 bridgehead atoms. The molecule has 0 aliphatic rings. The molecule has 0 aromatic heterocycles. The summed E-state index contributed by atoms with van der Waals surface area (Å²) in [5.41, 5.74) is 0. The Morgan fingerprint density at radius 3 is 1.82 bits per heavy atom. The van der Waals surface area contributed by atoms with Crippen LogP contribution in [0.15, 0.2) is 25.3 Å². The summed E-state index contributed by atoms with van der Waals surface area (Å²) in [6, 6.07) is -1.92. The molecule has 2 unspecified atom stereocenters. The van der Waals surface area contributed by atoms with E-state index in [9.17, 15) is 18.0 Å². The van der Waals surface area contributed by atoms with E-state index >= 15 is 0 Å².